The second-order valence-corrected chi connectivity index (χ2v) is 8.32. The largest absolute Gasteiger partial charge is 0.497 e. The minimum Gasteiger partial charge on any atom is -0.497 e. The quantitative estimate of drug-likeness (QED) is 0.619. The summed E-state index contributed by atoms with van der Waals surface area (Å²) in [5.74, 6) is 1.28. The van der Waals surface area contributed by atoms with E-state index in [0.717, 1.165) is 22.4 Å². The first-order chi connectivity index (χ1) is 12.9. The van der Waals surface area contributed by atoms with Gasteiger partial charge in [0.05, 0.1) is 19.4 Å². The Bertz CT molecular complexity index is 1010. The highest BCUT2D eigenvalue weighted by molar-refractivity contribution is 7.88. The number of sulfonamides is 1. The summed E-state index contributed by atoms with van der Waals surface area (Å²) in [6.45, 7) is 1.94. The van der Waals surface area contributed by atoms with E-state index in [4.69, 9.17) is 9.26 Å². The summed E-state index contributed by atoms with van der Waals surface area (Å²) < 4.78 is 36.7. The number of rotatable bonds is 7. The molecule has 0 N–H and O–H groups in total. The Labute approximate surface area is 158 Å². The number of methoxy groups -OCH3 is 1. The maximum absolute atomic E-state index is 12.6. The van der Waals surface area contributed by atoms with Crippen LogP contribution in [0.25, 0.3) is 11.4 Å². The maximum Gasteiger partial charge on any atom is 0.242 e. The highest BCUT2D eigenvalue weighted by atomic mass is 32.2. The van der Waals surface area contributed by atoms with Crippen LogP contribution >= 0.6 is 0 Å². The van der Waals surface area contributed by atoms with Crippen LogP contribution in [-0.4, -0.2) is 37.0 Å². The summed E-state index contributed by atoms with van der Waals surface area (Å²) in [6.07, 6.45) is 0. The smallest absolute Gasteiger partial charge is 0.242 e. The molecule has 3 aromatic rings. The molecule has 1 aromatic heterocycles. The molecule has 0 aliphatic carbocycles. The number of hydrogen-bond donors (Lipinski definition) is 0. The van der Waals surface area contributed by atoms with E-state index in [9.17, 15) is 8.42 Å². The van der Waals surface area contributed by atoms with Crippen LogP contribution in [0.3, 0.4) is 0 Å². The molecule has 0 saturated heterocycles. The predicted octanol–water partition coefficient (Wildman–Crippen LogP) is 3.02. The topological polar surface area (TPSA) is 85.5 Å². The van der Waals surface area contributed by atoms with Crippen LogP contribution in [-0.2, 0) is 22.3 Å². The van der Waals surface area contributed by atoms with Gasteiger partial charge < -0.3 is 9.26 Å². The van der Waals surface area contributed by atoms with Crippen molar-refractivity contribution < 1.29 is 17.7 Å². The lowest BCUT2D eigenvalue weighted by molar-refractivity contribution is 0.336. The summed E-state index contributed by atoms with van der Waals surface area (Å²) in [6, 6.07) is 14.6. The van der Waals surface area contributed by atoms with Crippen LogP contribution in [0, 0.1) is 6.92 Å². The van der Waals surface area contributed by atoms with Gasteiger partial charge in [0.2, 0.25) is 21.7 Å². The highest BCUT2D eigenvalue weighted by Crippen LogP contribution is 2.20. The number of benzene rings is 2. The van der Waals surface area contributed by atoms with Gasteiger partial charge >= 0.3 is 0 Å². The Morgan fingerprint density at radius 3 is 2.56 bits per heavy atom. The van der Waals surface area contributed by atoms with Gasteiger partial charge in [0, 0.05) is 12.6 Å². The molecule has 0 amide bonds. The van der Waals surface area contributed by atoms with Crippen molar-refractivity contribution >= 4 is 10.0 Å². The monoisotopic (exact) mass is 387 g/mol. The molecule has 0 saturated carbocycles. The standard InChI is InChI=1S/C19H21N3O4S/c1-14-5-4-6-15(11-14)13-27(23,24)22(2)12-18-20-19(21-26-18)16-7-9-17(25-3)10-8-16/h4-11H,12-13H2,1-3H3. The van der Waals surface area contributed by atoms with E-state index in [-0.39, 0.29) is 18.2 Å². The molecule has 27 heavy (non-hydrogen) atoms. The fourth-order valence-corrected chi connectivity index (χ4v) is 3.72. The molecule has 0 bridgehead atoms. The van der Waals surface area contributed by atoms with Crippen LogP contribution in [0.4, 0.5) is 0 Å². The fourth-order valence-electron chi connectivity index (χ4n) is 2.59. The van der Waals surface area contributed by atoms with Crippen molar-refractivity contribution in [1.82, 2.24) is 14.4 Å². The van der Waals surface area contributed by atoms with E-state index < -0.39 is 10.0 Å². The zero-order chi connectivity index (χ0) is 19.4. The van der Waals surface area contributed by atoms with Gasteiger partial charge in [-0.15, -0.1) is 0 Å². The average molecular weight is 387 g/mol. The van der Waals surface area contributed by atoms with Gasteiger partial charge in [0.15, 0.2) is 0 Å². The van der Waals surface area contributed by atoms with Crippen LogP contribution < -0.4 is 4.74 Å². The van der Waals surface area contributed by atoms with Gasteiger partial charge in [-0.05, 0) is 36.8 Å². The van der Waals surface area contributed by atoms with Gasteiger partial charge in [-0.3, -0.25) is 0 Å². The maximum atomic E-state index is 12.6. The first-order valence-corrected chi connectivity index (χ1v) is 9.95. The fraction of sp³-hybridized carbons (Fsp3) is 0.263. The number of ether oxygens (including phenoxy) is 1. The van der Waals surface area contributed by atoms with Crippen molar-refractivity contribution in [1.29, 1.82) is 0 Å². The molecule has 1 heterocycles. The zero-order valence-corrected chi connectivity index (χ0v) is 16.2. The molecule has 0 unspecified atom stereocenters. The lowest BCUT2D eigenvalue weighted by Gasteiger charge is -2.15. The van der Waals surface area contributed by atoms with Gasteiger partial charge in [0.25, 0.3) is 0 Å². The highest BCUT2D eigenvalue weighted by Gasteiger charge is 2.21. The minimum absolute atomic E-state index is 0.0112. The first-order valence-electron chi connectivity index (χ1n) is 8.34. The van der Waals surface area contributed by atoms with E-state index in [1.165, 1.54) is 11.4 Å². The van der Waals surface area contributed by atoms with Gasteiger partial charge in [-0.2, -0.15) is 9.29 Å². The van der Waals surface area contributed by atoms with Crippen LogP contribution in [0.1, 0.15) is 17.0 Å². The second kappa shape index (κ2) is 7.89. The first kappa shape index (κ1) is 19.1. The third-order valence-electron chi connectivity index (χ3n) is 4.08. The molecule has 0 spiro atoms. The van der Waals surface area contributed by atoms with Gasteiger partial charge in [-0.25, -0.2) is 8.42 Å². The van der Waals surface area contributed by atoms with Crippen LogP contribution in [0.5, 0.6) is 5.75 Å². The van der Waals surface area contributed by atoms with Gasteiger partial charge in [0.1, 0.15) is 5.75 Å². The van der Waals surface area contributed by atoms with Crippen LogP contribution in [0.2, 0.25) is 0 Å². The Morgan fingerprint density at radius 1 is 1.15 bits per heavy atom. The van der Waals surface area contributed by atoms with Crippen LogP contribution in [0.15, 0.2) is 53.1 Å². The number of hydrogen-bond acceptors (Lipinski definition) is 6. The summed E-state index contributed by atoms with van der Waals surface area (Å²) in [5, 5.41) is 3.92. The molecular formula is C19H21N3O4S. The van der Waals surface area contributed by atoms with E-state index in [2.05, 4.69) is 10.1 Å². The number of nitrogens with zero attached hydrogens (tertiary/aromatic N) is 3. The molecular weight excluding hydrogens is 366 g/mol. The number of aryl methyl sites for hydroxylation is 1. The molecule has 8 heteroatoms. The summed E-state index contributed by atoms with van der Waals surface area (Å²) in [4.78, 5) is 4.29. The molecule has 0 aliphatic rings. The Balaban J connectivity index is 1.70. The van der Waals surface area contributed by atoms with Gasteiger partial charge in [-0.1, -0.05) is 35.0 Å². The van der Waals surface area contributed by atoms with Crippen molar-refractivity contribution in [2.45, 2.75) is 19.2 Å². The molecule has 142 valence electrons. The zero-order valence-electron chi connectivity index (χ0n) is 15.4. The molecule has 0 aliphatic heterocycles. The SMILES string of the molecule is COc1ccc(-c2noc(CN(C)S(=O)(=O)Cc3cccc(C)c3)n2)cc1. The Hall–Kier alpha value is -2.71. The van der Waals surface area contributed by atoms with Crippen molar-refractivity contribution in [3.05, 3.63) is 65.5 Å². The molecule has 0 atom stereocenters. The Morgan fingerprint density at radius 2 is 1.89 bits per heavy atom. The molecule has 0 radical (unpaired) electrons. The molecule has 3 rings (SSSR count). The lowest BCUT2D eigenvalue weighted by Crippen LogP contribution is -2.27. The lowest BCUT2D eigenvalue weighted by atomic mass is 10.2. The van der Waals surface area contributed by atoms with Crippen molar-refractivity contribution in [2.24, 2.45) is 0 Å². The predicted molar refractivity (Wildman–Crippen MR) is 102 cm³/mol. The second-order valence-electron chi connectivity index (χ2n) is 6.24. The number of aromatic nitrogens is 2. The van der Waals surface area contributed by atoms with E-state index in [1.54, 1.807) is 25.3 Å². The van der Waals surface area contributed by atoms with E-state index >= 15 is 0 Å². The third-order valence-corrected chi connectivity index (χ3v) is 5.86. The minimum atomic E-state index is -3.50. The third kappa shape index (κ3) is 4.72. The summed E-state index contributed by atoms with van der Waals surface area (Å²) >= 11 is 0. The molecule has 7 nitrogen and oxygen atoms in total. The Kier molecular flexibility index (Phi) is 5.57. The van der Waals surface area contributed by atoms with Crippen molar-refractivity contribution in [2.75, 3.05) is 14.2 Å². The molecule has 2 aromatic carbocycles. The van der Waals surface area contributed by atoms with Crippen molar-refractivity contribution in [3.63, 3.8) is 0 Å². The van der Waals surface area contributed by atoms with Crippen molar-refractivity contribution in [3.8, 4) is 17.1 Å². The van der Waals surface area contributed by atoms with E-state index in [1.807, 2.05) is 37.3 Å². The summed E-state index contributed by atoms with van der Waals surface area (Å²) in [5.41, 5.74) is 2.52. The van der Waals surface area contributed by atoms with E-state index in [0.29, 0.717) is 5.82 Å². The average Bonchev–Trinajstić information content (AvgIpc) is 3.10. The molecule has 0 fully saturated rings. The normalized spacial score (nSPS) is 11.7. The summed E-state index contributed by atoms with van der Waals surface area (Å²) in [7, 11) is -0.410.